The van der Waals surface area contributed by atoms with Crippen LogP contribution in [0.1, 0.15) is 34.6 Å². The van der Waals surface area contributed by atoms with Gasteiger partial charge in [-0.1, -0.05) is 0 Å². The molecule has 0 saturated carbocycles. The van der Waals surface area contributed by atoms with Crippen molar-refractivity contribution < 1.29 is 18.7 Å². The van der Waals surface area contributed by atoms with Crippen molar-refractivity contribution >= 4 is 11.6 Å². The Morgan fingerprint density at radius 1 is 1.00 bits per heavy atom. The average molecular weight is 393 g/mol. The first-order valence-corrected chi connectivity index (χ1v) is 9.77. The summed E-state index contributed by atoms with van der Waals surface area (Å²) in [5, 5.41) is 7.48. The zero-order valence-electron chi connectivity index (χ0n) is 15.8. The van der Waals surface area contributed by atoms with Gasteiger partial charge in [-0.2, -0.15) is 5.10 Å². The SMILES string of the molecule is O=C(Nc1ccc2c(c1)OCCCO2)c1nn(-c2ccc(F)cc2)c2c1CCC2. The molecule has 1 aromatic heterocycles. The van der Waals surface area contributed by atoms with E-state index in [1.165, 1.54) is 12.1 Å². The van der Waals surface area contributed by atoms with Gasteiger partial charge in [0.1, 0.15) is 5.82 Å². The lowest BCUT2D eigenvalue weighted by molar-refractivity contribution is 0.102. The van der Waals surface area contributed by atoms with Gasteiger partial charge in [0.15, 0.2) is 17.2 Å². The van der Waals surface area contributed by atoms with Crippen molar-refractivity contribution in [1.82, 2.24) is 9.78 Å². The van der Waals surface area contributed by atoms with Crippen LogP contribution in [0, 0.1) is 5.82 Å². The Morgan fingerprint density at radius 3 is 2.62 bits per heavy atom. The van der Waals surface area contributed by atoms with E-state index in [9.17, 15) is 9.18 Å². The van der Waals surface area contributed by atoms with Gasteiger partial charge in [-0.25, -0.2) is 9.07 Å². The predicted molar refractivity (Wildman–Crippen MR) is 106 cm³/mol. The molecule has 0 saturated heterocycles. The van der Waals surface area contributed by atoms with E-state index in [2.05, 4.69) is 10.4 Å². The van der Waals surface area contributed by atoms with Crippen molar-refractivity contribution in [3.63, 3.8) is 0 Å². The van der Waals surface area contributed by atoms with Crippen LogP contribution in [0.15, 0.2) is 42.5 Å². The second-order valence-corrected chi connectivity index (χ2v) is 7.18. The minimum atomic E-state index is -0.301. The number of hydrogen-bond donors (Lipinski definition) is 1. The topological polar surface area (TPSA) is 65.4 Å². The number of benzene rings is 2. The van der Waals surface area contributed by atoms with Crippen LogP contribution in [0.5, 0.6) is 11.5 Å². The van der Waals surface area contributed by atoms with E-state index in [0.717, 1.165) is 42.6 Å². The van der Waals surface area contributed by atoms with Crippen LogP contribution in [-0.2, 0) is 12.8 Å². The molecule has 7 heteroatoms. The molecule has 0 bridgehead atoms. The van der Waals surface area contributed by atoms with E-state index >= 15 is 0 Å². The summed E-state index contributed by atoms with van der Waals surface area (Å²) in [6, 6.07) is 11.5. The molecular formula is C22H20FN3O3. The Balaban J connectivity index is 1.44. The predicted octanol–water partition coefficient (Wildman–Crippen LogP) is 3.91. The normalized spacial score (nSPS) is 14.9. The standard InChI is InChI=1S/C22H20FN3O3/c23-14-5-8-16(9-6-14)26-18-4-1-3-17(18)21(25-26)22(27)24-15-7-10-19-20(13-15)29-12-2-11-28-19/h5-10,13H,1-4,11-12H2,(H,24,27). The molecule has 5 rings (SSSR count). The molecule has 0 atom stereocenters. The number of amides is 1. The molecule has 2 aliphatic rings. The molecule has 1 aliphatic carbocycles. The monoisotopic (exact) mass is 393 g/mol. The maximum absolute atomic E-state index is 13.3. The van der Waals surface area contributed by atoms with Gasteiger partial charge < -0.3 is 14.8 Å². The number of anilines is 1. The Hall–Kier alpha value is -3.35. The minimum absolute atomic E-state index is 0.265. The first-order chi connectivity index (χ1) is 14.2. The number of aromatic nitrogens is 2. The fraction of sp³-hybridized carbons (Fsp3) is 0.273. The van der Waals surface area contributed by atoms with Gasteiger partial charge in [-0.3, -0.25) is 4.79 Å². The van der Waals surface area contributed by atoms with E-state index < -0.39 is 0 Å². The number of nitrogens with zero attached hydrogens (tertiary/aromatic N) is 2. The summed E-state index contributed by atoms with van der Waals surface area (Å²) in [5.41, 5.74) is 3.76. The number of nitrogens with one attached hydrogen (secondary N) is 1. The summed E-state index contributed by atoms with van der Waals surface area (Å²) in [6.45, 7) is 1.20. The zero-order valence-corrected chi connectivity index (χ0v) is 15.8. The Kier molecular flexibility index (Phi) is 4.42. The Bertz CT molecular complexity index is 1080. The van der Waals surface area contributed by atoms with Gasteiger partial charge in [-0.15, -0.1) is 0 Å². The maximum atomic E-state index is 13.3. The van der Waals surface area contributed by atoms with Crippen LogP contribution in [0.4, 0.5) is 10.1 Å². The van der Waals surface area contributed by atoms with Crippen molar-refractivity contribution in [2.75, 3.05) is 18.5 Å². The number of rotatable bonds is 3. The smallest absolute Gasteiger partial charge is 0.276 e. The molecule has 0 fully saturated rings. The van der Waals surface area contributed by atoms with Gasteiger partial charge in [0, 0.05) is 29.4 Å². The quantitative estimate of drug-likeness (QED) is 0.733. The van der Waals surface area contributed by atoms with Gasteiger partial charge >= 0.3 is 0 Å². The Morgan fingerprint density at radius 2 is 1.79 bits per heavy atom. The molecule has 2 heterocycles. The molecule has 2 aromatic carbocycles. The highest BCUT2D eigenvalue weighted by atomic mass is 19.1. The van der Waals surface area contributed by atoms with Crippen LogP contribution in [0.25, 0.3) is 5.69 Å². The number of carbonyl (C=O) groups is 1. The lowest BCUT2D eigenvalue weighted by Gasteiger charge is -2.10. The summed E-state index contributed by atoms with van der Waals surface area (Å²) < 4.78 is 26.4. The third-order valence-corrected chi connectivity index (χ3v) is 5.22. The summed E-state index contributed by atoms with van der Waals surface area (Å²) in [4.78, 5) is 13.0. The lowest BCUT2D eigenvalue weighted by atomic mass is 10.2. The minimum Gasteiger partial charge on any atom is -0.490 e. The van der Waals surface area contributed by atoms with E-state index in [4.69, 9.17) is 9.47 Å². The highest BCUT2D eigenvalue weighted by Gasteiger charge is 2.27. The van der Waals surface area contributed by atoms with E-state index in [1.54, 1.807) is 35.0 Å². The van der Waals surface area contributed by atoms with Crippen LogP contribution in [0.3, 0.4) is 0 Å². The Labute approximate surface area is 167 Å². The fourth-order valence-electron chi connectivity index (χ4n) is 3.85. The van der Waals surface area contributed by atoms with Crippen molar-refractivity contribution in [1.29, 1.82) is 0 Å². The summed E-state index contributed by atoms with van der Waals surface area (Å²) in [7, 11) is 0. The molecule has 3 aromatic rings. The van der Waals surface area contributed by atoms with E-state index in [0.29, 0.717) is 36.1 Å². The van der Waals surface area contributed by atoms with Crippen molar-refractivity contribution in [2.24, 2.45) is 0 Å². The number of hydrogen-bond acceptors (Lipinski definition) is 4. The van der Waals surface area contributed by atoms with E-state index in [1.807, 2.05) is 0 Å². The van der Waals surface area contributed by atoms with Crippen LogP contribution >= 0.6 is 0 Å². The molecule has 1 aliphatic heterocycles. The zero-order chi connectivity index (χ0) is 19.8. The molecular weight excluding hydrogens is 373 g/mol. The molecule has 1 amide bonds. The molecule has 6 nitrogen and oxygen atoms in total. The molecule has 0 radical (unpaired) electrons. The molecule has 0 spiro atoms. The highest BCUT2D eigenvalue weighted by molar-refractivity contribution is 6.04. The highest BCUT2D eigenvalue weighted by Crippen LogP contribution is 2.33. The first-order valence-electron chi connectivity index (χ1n) is 9.77. The van der Waals surface area contributed by atoms with Crippen LogP contribution in [0.2, 0.25) is 0 Å². The summed E-state index contributed by atoms with van der Waals surface area (Å²) in [5.74, 6) is 0.743. The lowest BCUT2D eigenvalue weighted by Crippen LogP contribution is -2.15. The maximum Gasteiger partial charge on any atom is 0.276 e. The summed E-state index contributed by atoms with van der Waals surface area (Å²) >= 11 is 0. The van der Waals surface area contributed by atoms with Gasteiger partial charge in [-0.05, 0) is 55.7 Å². The number of ether oxygens (including phenoxy) is 2. The molecule has 1 N–H and O–H groups in total. The first kappa shape index (κ1) is 17.7. The second-order valence-electron chi connectivity index (χ2n) is 7.18. The largest absolute Gasteiger partial charge is 0.490 e. The van der Waals surface area contributed by atoms with Crippen LogP contribution < -0.4 is 14.8 Å². The fourth-order valence-corrected chi connectivity index (χ4v) is 3.85. The molecule has 0 unspecified atom stereocenters. The second kappa shape index (κ2) is 7.24. The van der Waals surface area contributed by atoms with Gasteiger partial charge in [0.2, 0.25) is 0 Å². The van der Waals surface area contributed by atoms with Crippen molar-refractivity contribution in [3.05, 3.63) is 65.2 Å². The number of carbonyl (C=O) groups excluding carboxylic acids is 1. The van der Waals surface area contributed by atoms with Gasteiger partial charge in [0.25, 0.3) is 5.91 Å². The van der Waals surface area contributed by atoms with Crippen LogP contribution in [-0.4, -0.2) is 28.9 Å². The van der Waals surface area contributed by atoms with Crippen molar-refractivity contribution in [3.8, 4) is 17.2 Å². The van der Waals surface area contributed by atoms with Crippen molar-refractivity contribution in [2.45, 2.75) is 25.7 Å². The van der Waals surface area contributed by atoms with E-state index in [-0.39, 0.29) is 11.7 Å². The summed E-state index contributed by atoms with van der Waals surface area (Å²) in [6.07, 6.45) is 3.44. The average Bonchev–Trinajstić information content (AvgIpc) is 3.25. The third kappa shape index (κ3) is 3.33. The number of halogens is 1. The molecule has 148 valence electrons. The number of fused-ring (bicyclic) bond motifs is 2. The van der Waals surface area contributed by atoms with Gasteiger partial charge in [0.05, 0.1) is 18.9 Å². The third-order valence-electron chi connectivity index (χ3n) is 5.22. The molecule has 29 heavy (non-hydrogen) atoms.